The molecule has 0 saturated heterocycles. The lowest BCUT2D eigenvalue weighted by Crippen LogP contribution is -2.13. The highest BCUT2D eigenvalue weighted by Crippen LogP contribution is 2.21. The SMILES string of the molecule is CCn1ccc2cc(NC(=O)c3ccn(-c4ccccc4F)n3)ccc21. The highest BCUT2D eigenvalue weighted by atomic mass is 19.1. The van der Waals surface area contributed by atoms with Gasteiger partial charge < -0.3 is 9.88 Å². The minimum Gasteiger partial charge on any atom is -0.348 e. The maximum Gasteiger partial charge on any atom is 0.276 e. The third-order valence-electron chi connectivity index (χ3n) is 4.29. The molecule has 6 heteroatoms. The molecule has 0 unspecified atom stereocenters. The molecule has 0 spiro atoms. The fourth-order valence-electron chi connectivity index (χ4n) is 2.97. The third-order valence-corrected chi connectivity index (χ3v) is 4.29. The van der Waals surface area contributed by atoms with E-state index in [1.807, 2.05) is 30.5 Å². The highest BCUT2D eigenvalue weighted by Gasteiger charge is 2.12. The predicted molar refractivity (Wildman–Crippen MR) is 99.1 cm³/mol. The fourth-order valence-corrected chi connectivity index (χ4v) is 2.97. The number of benzene rings is 2. The molecule has 0 bridgehead atoms. The molecule has 0 saturated carbocycles. The Morgan fingerprint density at radius 2 is 1.96 bits per heavy atom. The molecule has 0 atom stereocenters. The normalized spacial score (nSPS) is 11.0. The molecule has 0 radical (unpaired) electrons. The van der Waals surface area contributed by atoms with E-state index in [0.717, 1.165) is 17.4 Å². The van der Waals surface area contributed by atoms with Crippen LogP contribution in [0.2, 0.25) is 0 Å². The van der Waals surface area contributed by atoms with Gasteiger partial charge in [-0.05, 0) is 49.4 Å². The van der Waals surface area contributed by atoms with Crippen molar-refractivity contribution >= 4 is 22.5 Å². The lowest BCUT2D eigenvalue weighted by atomic mass is 10.2. The first kappa shape index (κ1) is 16.1. The van der Waals surface area contributed by atoms with Crippen molar-refractivity contribution in [1.29, 1.82) is 0 Å². The van der Waals surface area contributed by atoms with Crippen LogP contribution in [0.5, 0.6) is 0 Å². The van der Waals surface area contributed by atoms with Crippen LogP contribution in [0.15, 0.2) is 67.0 Å². The number of fused-ring (bicyclic) bond motifs is 1. The molecule has 2 aromatic heterocycles. The topological polar surface area (TPSA) is 51.9 Å². The van der Waals surface area contributed by atoms with Crippen molar-refractivity contribution in [2.75, 3.05) is 5.32 Å². The molecular formula is C20H17FN4O. The van der Waals surface area contributed by atoms with Gasteiger partial charge in [0.25, 0.3) is 5.91 Å². The summed E-state index contributed by atoms with van der Waals surface area (Å²) >= 11 is 0. The summed E-state index contributed by atoms with van der Waals surface area (Å²) in [5.41, 5.74) is 2.33. The van der Waals surface area contributed by atoms with Crippen LogP contribution in [-0.2, 0) is 6.54 Å². The number of halogens is 1. The lowest BCUT2D eigenvalue weighted by Gasteiger charge is -2.05. The van der Waals surface area contributed by atoms with Crippen molar-refractivity contribution < 1.29 is 9.18 Å². The molecule has 0 aliphatic heterocycles. The molecule has 0 aliphatic rings. The van der Waals surface area contributed by atoms with E-state index in [1.54, 1.807) is 30.5 Å². The van der Waals surface area contributed by atoms with E-state index < -0.39 is 5.82 Å². The van der Waals surface area contributed by atoms with Crippen LogP contribution >= 0.6 is 0 Å². The van der Waals surface area contributed by atoms with Crippen LogP contribution in [0, 0.1) is 5.82 Å². The summed E-state index contributed by atoms with van der Waals surface area (Å²) in [6.45, 7) is 2.98. The van der Waals surface area contributed by atoms with Gasteiger partial charge in [0.05, 0.1) is 0 Å². The smallest absolute Gasteiger partial charge is 0.276 e. The van der Waals surface area contributed by atoms with E-state index >= 15 is 0 Å². The highest BCUT2D eigenvalue weighted by molar-refractivity contribution is 6.03. The minimum atomic E-state index is -0.395. The Morgan fingerprint density at radius 1 is 1.12 bits per heavy atom. The number of carbonyl (C=O) groups is 1. The Labute approximate surface area is 149 Å². The summed E-state index contributed by atoms with van der Waals surface area (Å²) in [4.78, 5) is 12.5. The van der Waals surface area contributed by atoms with Crippen molar-refractivity contribution in [3.8, 4) is 5.69 Å². The molecule has 1 N–H and O–H groups in total. The molecule has 26 heavy (non-hydrogen) atoms. The van der Waals surface area contributed by atoms with Gasteiger partial charge in [-0.2, -0.15) is 5.10 Å². The molecule has 4 rings (SSSR count). The number of hydrogen-bond acceptors (Lipinski definition) is 2. The van der Waals surface area contributed by atoms with Crippen LogP contribution in [-0.4, -0.2) is 20.3 Å². The number of rotatable bonds is 4. The van der Waals surface area contributed by atoms with E-state index in [9.17, 15) is 9.18 Å². The second kappa shape index (κ2) is 6.48. The lowest BCUT2D eigenvalue weighted by molar-refractivity contribution is 0.102. The average molecular weight is 348 g/mol. The Balaban J connectivity index is 1.56. The van der Waals surface area contributed by atoms with Crippen LogP contribution in [0.4, 0.5) is 10.1 Å². The van der Waals surface area contributed by atoms with Crippen molar-refractivity contribution in [1.82, 2.24) is 14.3 Å². The number of anilines is 1. The zero-order chi connectivity index (χ0) is 18.1. The largest absolute Gasteiger partial charge is 0.348 e. The van der Waals surface area contributed by atoms with Gasteiger partial charge in [0, 0.05) is 35.5 Å². The van der Waals surface area contributed by atoms with E-state index in [4.69, 9.17) is 0 Å². The number of nitrogens with zero attached hydrogens (tertiary/aromatic N) is 3. The Kier molecular flexibility index (Phi) is 4.01. The third kappa shape index (κ3) is 2.86. The Bertz CT molecular complexity index is 1100. The second-order valence-electron chi connectivity index (χ2n) is 5.93. The summed E-state index contributed by atoms with van der Waals surface area (Å²) in [5.74, 6) is -0.734. The minimum absolute atomic E-state index is 0.222. The van der Waals surface area contributed by atoms with Crippen LogP contribution in [0.3, 0.4) is 0 Å². The summed E-state index contributed by atoms with van der Waals surface area (Å²) < 4.78 is 17.3. The molecule has 0 aliphatic carbocycles. The number of amides is 1. The van der Waals surface area contributed by atoms with Crippen LogP contribution in [0.25, 0.3) is 16.6 Å². The van der Waals surface area contributed by atoms with E-state index in [0.29, 0.717) is 11.4 Å². The molecule has 2 heterocycles. The molecular weight excluding hydrogens is 331 g/mol. The number of nitrogens with one attached hydrogen (secondary N) is 1. The van der Waals surface area contributed by atoms with E-state index in [1.165, 1.54) is 10.7 Å². The number of aromatic nitrogens is 3. The van der Waals surface area contributed by atoms with Crippen molar-refractivity contribution in [3.63, 3.8) is 0 Å². The second-order valence-corrected chi connectivity index (χ2v) is 5.93. The molecule has 130 valence electrons. The molecule has 5 nitrogen and oxygen atoms in total. The van der Waals surface area contributed by atoms with Gasteiger partial charge in [0.1, 0.15) is 11.5 Å². The summed E-state index contributed by atoms with van der Waals surface area (Å²) in [7, 11) is 0. The fraction of sp³-hybridized carbons (Fsp3) is 0.100. The van der Waals surface area contributed by atoms with Crippen molar-refractivity contribution in [2.45, 2.75) is 13.5 Å². The monoisotopic (exact) mass is 348 g/mol. The van der Waals surface area contributed by atoms with Gasteiger partial charge in [-0.3, -0.25) is 4.79 Å². The first-order valence-corrected chi connectivity index (χ1v) is 8.36. The number of carbonyl (C=O) groups excluding carboxylic acids is 1. The van der Waals surface area contributed by atoms with Gasteiger partial charge >= 0.3 is 0 Å². The van der Waals surface area contributed by atoms with Gasteiger partial charge in [0.2, 0.25) is 0 Å². The standard InChI is InChI=1S/C20H17FN4O/c1-2-24-11-9-14-13-15(7-8-18(14)24)22-20(26)17-10-12-25(23-17)19-6-4-3-5-16(19)21/h3-13H,2H2,1H3,(H,22,26). The molecule has 2 aromatic carbocycles. The van der Waals surface area contributed by atoms with Gasteiger partial charge in [-0.25, -0.2) is 9.07 Å². The van der Waals surface area contributed by atoms with E-state index in [2.05, 4.69) is 21.9 Å². The average Bonchev–Trinajstić information content (AvgIpc) is 3.28. The predicted octanol–water partition coefficient (Wildman–Crippen LogP) is 4.24. The zero-order valence-electron chi connectivity index (χ0n) is 14.2. The number of hydrogen-bond donors (Lipinski definition) is 1. The van der Waals surface area contributed by atoms with E-state index in [-0.39, 0.29) is 11.6 Å². The maximum absolute atomic E-state index is 13.8. The number of para-hydroxylation sites is 1. The van der Waals surface area contributed by atoms with Gasteiger partial charge in [-0.15, -0.1) is 0 Å². The zero-order valence-corrected chi connectivity index (χ0v) is 14.2. The first-order chi connectivity index (χ1) is 12.7. The number of aryl methyl sites for hydroxylation is 1. The summed E-state index contributed by atoms with van der Waals surface area (Å²) in [6.07, 6.45) is 3.59. The Hall–Kier alpha value is -3.41. The quantitative estimate of drug-likeness (QED) is 0.600. The van der Waals surface area contributed by atoms with Crippen LogP contribution < -0.4 is 5.32 Å². The van der Waals surface area contributed by atoms with Crippen molar-refractivity contribution in [3.05, 3.63) is 78.5 Å². The van der Waals surface area contributed by atoms with Gasteiger partial charge in [0.15, 0.2) is 5.69 Å². The molecule has 1 amide bonds. The van der Waals surface area contributed by atoms with Crippen LogP contribution in [0.1, 0.15) is 17.4 Å². The Morgan fingerprint density at radius 3 is 2.77 bits per heavy atom. The molecule has 4 aromatic rings. The van der Waals surface area contributed by atoms with Crippen molar-refractivity contribution in [2.24, 2.45) is 0 Å². The molecule has 0 fully saturated rings. The van der Waals surface area contributed by atoms with Gasteiger partial charge in [-0.1, -0.05) is 12.1 Å². The maximum atomic E-state index is 13.8. The summed E-state index contributed by atoms with van der Waals surface area (Å²) in [5, 5.41) is 8.07. The first-order valence-electron chi connectivity index (χ1n) is 8.36. The summed E-state index contributed by atoms with van der Waals surface area (Å²) in [6, 6.07) is 15.6.